The molecule has 25 heavy (non-hydrogen) atoms. The Morgan fingerprint density at radius 1 is 0.960 bits per heavy atom. The molecule has 0 aliphatic carbocycles. The lowest BCUT2D eigenvalue weighted by Gasteiger charge is -2.18. The summed E-state index contributed by atoms with van der Waals surface area (Å²) in [6.07, 6.45) is 3.36. The van der Waals surface area contributed by atoms with Crippen molar-refractivity contribution in [3.8, 4) is 11.1 Å². The molecule has 1 saturated heterocycles. The predicted molar refractivity (Wildman–Crippen MR) is 107 cm³/mol. The fraction of sp³-hybridized carbons (Fsp3) is 0.300. The second-order valence-corrected chi connectivity index (χ2v) is 6.32. The van der Waals surface area contributed by atoms with Gasteiger partial charge in [0.15, 0.2) is 0 Å². The van der Waals surface area contributed by atoms with E-state index < -0.39 is 0 Å². The number of nitrogens with zero attached hydrogens (tertiary/aromatic N) is 3. The molecule has 1 aromatic carbocycles. The Bertz CT molecular complexity index is 888. The molecule has 2 N–H and O–H groups in total. The van der Waals surface area contributed by atoms with E-state index in [2.05, 4.69) is 53.2 Å². The van der Waals surface area contributed by atoms with Gasteiger partial charge in [0.2, 0.25) is 0 Å². The SMILES string of the molecule is CCc1nc(N)ccc1-c1cccc2ccc(N3CCCC3)nc12.Cl. The lowest BCUT2D eigenvalue weighted by atomic mass is 9.99. The maximum Gasteiger partial charge on any atom is 0.129 e. The van der Waals surface area contributed by atoms with Gasteiger partial charge in [-0.25, -0.2) is 9.97 Å². The lowest BCUT2D eigenvalue weighted by Crippen LogP contribution is -2.18. The number of nitrogens with two attached hydrogens (primary N) is 1. The standard InChI is InChI=1S/C20H22N4.ClH/c1-2-17-15(9-10-18(21)22-17)16-7-5-6-14-8-11-19(23-20(14)16)24-12-3-4-13-24;/h5-11H,2-4,12-13H2,1H3,(H2,21,22);1H. The molecule has 2 aromatic heterocycles. The van der Waals surface area contributed by atoms with Gasteiger partial charge >= 0.3 is 0 Å². The molecule has 3 heterocycles. The van der Waals surface area contributed by atoms with Crippen molar-refractivity contribution in [3.63, 3.8) is 0 Å². The van der Waals surface area contributed by atoms with Crippen LogP contribution in [0, 0.1) is 0 Å². The van der Waals surface area contributed by atoms with E-state index in [4.69, 9.17) is 10.7 Å². The number of para-hydroxylation sites is 1. The highest BCUT2D eigenvalue weighted by Crippen LogP contribution is 2.32. The van der Waals surface area contributed by atoms with Crippen LogP contribution in [0.5, 0.6) is 0 Å². The van der Waals surface area contributed by atoms with E-state index in [0.29, 0.717) is 5.82 Å². The molecule has 1 aliphatic heterocycles. The van der Waals surface area contributed by atoms with E-state index in [9.17, 15) is 0 Å². The van der Waals surface area contributed by atoms with E-state index in [1.165, 1.54) is 12.8 Å². The first-order chi connectivity index (χ1) is 11.8. The van der Waals surface area contributed by atoms with Crippen molar-refractivity contribution in [1.29, 1.82) is 0 Å². The van der Waals surface area contributed by atoms with Crippen molar-refractivity contribution in [3.05, 3.63) is 48.2 Å². The molecule has 0 saturated carbocycles. The molecule has 0 spiro atoms. The first-order valence-corrected chi connectivity index (χ1v) is 8.67. The molecular formula is C20H23ClN4. The number of anilines is 2. The number of aromatic nitrogens is 2. The van der Waals surface area contributed by atoms with Crippen LogP contribution in [0.1, 0.15) is 25.5 Å². The van der Waals surface area contributed by atoms with Crippen molar-refractivity contribution in [1.82, 2.24) is 9.97 Å². The molecule has 3 aromatic rings. The van der Waals surface area contributed by atoms with Crippen LogP contribution >= 0.6 is 12.4 Å². The number of pyridine rings is 2. The minimum atomic E-state index is 0. The smallest absolute Gasteiger partial charge is 0.129 e. The Labute approximate surface area is 154 Å². The molecule has 4 rings (SSSR count). The minimum Gasteiger partial charge on any atom is -0.384 e. The summed E-state index contributed by atoms with van der Waals surface area (Å²) in [4.78, 5) is 11.9. The van der Waals surface area contributed by atoms with Gasteiger partial charge in [-0.15, -0.1) is 12.4 Å². The van der Waals surface area contributed by atoms with Gasteiger partial charge in [0, 0.05) is 29.6 Å². The van der Waals surface area contributed by atoms with E-state index in [0.717, 1.165) is 53.1 Å². The minimum absolute atomic E-state index is 0. The van der Waals surface area contributed by atoms with Crippen LogP contribution in [0.2, 0.25) is 0 Å². The fourth-order valence-electron chi connectivity index (χ4n) is 3.51. The molecule has 0 amide bonds. The van der Waals surface area contributed by atoms with Gasteiger partial charge in [-0.3, -0.25) is 0 Å². The number of hydrogen-bond acceptors (Lipinski definition) is 4. The zero-order chi connectivity index (χ0) is 16.5. The highest BCUT2D eigenvalue weighted by Gasteiger charge is 2.16. The topological polar surface area (TPSA) is 55.0 Å². The van der Waals surface area contributed by atoms with Gasteiger partial charge in [0.1, 0.15) is 11.6 Å². The number of nitrogen functional groups attached to an aromatic ring is 1. The molecular weight excluding hydrogens is 332 g/mol. The highest BCUT2D eigenvalue weighted by molar-refractivity contribution is 5.95. The van der Waals surface area contributed by atoms with Crippen LogP contribution in [0.15, 0.2) is 42.5 Å². The van der Waals surface area contributed by atoms with Gasteiger partial charge in [-0.2, -0.15) is 0 Å². The van der Waals surface area contributed by atoms with Gasteiger partial charge in [0.05, 0.1) is 11.2 Å². The van der Waals surface area contributed by atoms with Crippen molar-refractivity contribution in [2.45, 2.75) is 26.2 Å². The quantitative estimate of drug-likeness (QED) is 0.754. The summed E-state index contributed by atoms with van der Waals surface area (Å²) >= 11 is 0. The van der Waals surface area contributed by atoms with Crippen LogP contribution in [-0.2, 0) is 6.42 Å². The second kappa shape index (κ2) is 7.28. The summed E-state index contributed by atoms with van der Waals surface area (Å²) in [6.45, 7) is 4.31. The molecule has 1 fully saturated rings. The highest BCUT2D eigenvalue weighted by atomic mass is 35.5. The third kappa shape index (κ3) is 3.27. The average molecular weight is 355 g/mol. The van der Waals surface area contributed by atoms with Gasteiger partial charge < -0.3 is 10.6 Å². The van der Waals surface area contributed by atoms with Crippen molar-refractivity contribution < 1.29 is 0 Å². The summed E-state index contributed by atoms with van der Waals surface area (Å²) in [5.41, 5.74) is 10.2. The second-order valence-electron chi connectivity index (χ2n) is 6.32. The molecule has 0 atom stereocenters. The van der Waals surface area contributed by atoms with Crippen LogP contribution in [0.3, 0.4) is 0 Å². The Morgan fingerprint density at radius 2 is 1.76 bits per heavy atom. The van der Waals surface area contributed by atoms with E-state index >= 15 is 0 Å². The van der Waals surface area contributed by atoms with Crippen molar-refractivity contribution in [2.24, 2.45) is 0 Å². The predicted octanol–water partition coefficient (Wildman–Crippen LogP) is 4.46. The summed E-state index contributed by atoms with van der Waals surface area (Å²) in [5.74, 6) is 1.65. The Balaban J connectivity index is 0.00000182. The normalized spacial score (nSPS) is 13.9. The average Bonchev–Trinajstić information content (AvgIpc) is 3.15. The molecule has 0 unspecified atom stereocenters. The summed E-state index contributed by atoms with van der Waals surface area (Å²) in [7, 11) is 0. The number of rotatable bonds is 3. The van der Waals surface area contributed by atoms with E-state index in [1.807, 2.05) is 6.07 Å². The molecule has 1 aliphatic rings. The third-order valence-corrected chi connectivity index (χ3v) is 4.76. The molecule has 0 bridgehead atoms. The van der Waals surface area contributed by atoms with Crippen LogP contribution in [-0.4, -0.2) is 23.1 Å². The largest absolute Gasteiger partial charge is 0.384 e. The van der Waals surface area contributed by atoms with Crippen molar-refractivity contribution in [2.75, 3.05) is 23.7 Å². The molecule has 0 radical (unpaired) electrons. The lowest BCUT2D eigenvalue weighted by molar-refractivity contribution is 0.944. The zero-order valence-electron chi connectivity index (χ0n) is 14.4. The van der Waals surface area contributed by atoms with E-state index in [1.54, 1.807) is 0 Å². The number of benzene rings is 1. The van der Waals surface area contributed by atoms with E-state index in [-0.39, 0.29) is 12.4 Å². The van der Waals surface area contributed by atoms with Gasteiger partial charge in [-0.1, -0.05) is 25.1 Å². The summed E-state index contributed by atoms with van der Waals surface area (Å²) < 4.78 is 0. The first kappa shape index (κ1) is 17.5. The summed E-state index contributed by atoms with van der Waals surface area (Å²) in [6, 6.07) is 14.6. The van der Waals surface area contributed by atoms with Crippen LogP contribution < -0.4 is 10.6 Å². The zero-order valence-corrected chi connectivity index (χ0v) is 15.2. The Hall–Kier alpha value is -2.33. The number of halogens is 1. The molecule has 5 heteroatoms. The number of aryl methyl sites for hydroxylation is 1. The summed E-state index contributed by atoms with van der Waals surface area (Å²) in [5, 5.41) is 1.16. The number of hydrogen-bond donors (Lipinski definition) is 1. The monoisotopic (exact) mass is 354 g/mol. The molecule has 4 nitrogen and oxygen atoms in total. The maximum atomic E-state index is 5.87. The Morgan fingerprint density at radius 3 is 2.52 bits per heavy atom. The van der Waals surface area contributed by atoms with Gasteiger partial charge in [0.25, 0.3) is 0 Å². The van der Waals surface area contributed by atoms with Crippen molar-refractivity contribution >= 4 is 34.9 Å². The first-order valence-electron chi connectivity index (χ1n) is 8.67. The van der Waals surface area contributed by atoms with Gasteiger partial charge in [-0.05, 0) is 43.5 Å². The fourth-order valence-corrected chi connectivity index (χ4v) is 3.51. The van der Waals surface area contributed by atoms with Crippen LogP contribution in [0.25, 0.3) is 22.0 Å². The molecule has 130 valence electrons. The van der Waals surface area contributed by atoms with Crippen LogP contribution in [0.4, 0.5) is 11.6 Å². The third-order valence-electron chi connectivity index (χ3n) is 4.76. The Kier molecular flexibility index (Phi) is 5.09. The maximum absolute atomic E-state index is 5.87. The number of fused-ring (bicyclic) bond motifs is 1.